The molecule has 5 N–H and O–H groups in total. The number of hydrogen-bond acceptors (Lipinski definition) is 4. The Labute approximate surface area is 263 Å². The van der Waals surface area contributed by atoms with Gasteiger partial charge < -0.3 is 21.3 Å². The second-order valence-electron chi connectivity index (χ2n) is 12.1. The monoisotopic (exact) mass is 613 g/mol. The first-order valence-corrected chi connectivity index (χ1v) is 17.8. The van der Waals surface area contributed by atoms with Crippen molar-refractivity contribution in [3.63, 3.8) is 0 Å². The Morgan fingerprint density at radius 2 is 0.837 bits per heavy atom. The minimum Gasteiger partial charge on any atom is -0.481 e. The van der Waals surface area contributed by atoms with Crippen LogP contribution >= 0.6 is 0 Å². The summed E-state index contributed by atoms with van der Waals surface area (Å²) < 4.78 is 0. The van der Waals surface area contributed by atoms with Crippen molar-refractivity contribution in [2.45, 2.75) is 200 Å². The first-order chi connectivity index (χ1) is 20.7. The van der Waals surface area contributed by atoms with Crippen molar-refractivity contribution in [1.29, 1.82) is 0 Å². The highest BCUT2D eigenvalue weighted by molar-refractivity contribution is 5.83. The van der Waals surface area contributed by atoms with E-state index in [1.165, 1.54) is 128 Å². The molecule has 0 aromatic rings. The molecule has 0 fully saturated rings. The van der Waals surface area contributed by atoms with E-state index in [4.69, 9.17) is 15.9 Å². The van der Waals surface area contributed by atoms with Gasteiger partial charge in [-0.25, -0.2) is 4.79 Å². The third kappa shape index (κ3) is 37.9. The van der Waals surface area contributed by atoms with Crippen LogP contribution in [0, 0.1) is 0 Å². The summed E-state index contributed by atoms with van der Waals surface area (Å²) in [6.45, 7) is 4.47. The highest BCUT2D eigenvalue weighted by atomic mass is 16.4. The molecule has 43 heavy (non-hydrogen) atoms. The van der Waals surface area contributed by atoms with Gasteiger partial charge in [-0.2, -0.15) is 0 Å². The van der Waals surface area contributed by atoms with Gasteiger partial charge in [0.2, 0.25) is 11.8 Å². The summed E-state index contributed by atoms with van der Waals surface area (Å²) in [5, 5.41) is 19.9. The highest BCUT2D eigenvalue weighted by Gasteiger charge is 2.20. The number of nitrogens with one attached hydrogen (secondary N) is 1. The number of unbranched alkanes of at least 4 members (excludes halogenated alkanes) is 22. The Kier molecular flexibility index (Phi) is 34.4. The molecule has 0 radical (unpaired) electrons. The Balaban J connectivity index is 0. The van der Waals surface area contributed by atoms with Crippen LogP contribution in [0.5, 0.6) is 0 Å². The van der Waals surface area contributed by atoms with Crippen molar-refractivity contribution in [1.82, 2.24) is 5.32 Å². The van der Waals surface area contributed by atoms with Gasteiger partial charge in [0.05, 0.1) is 0 Å². The Morgan fingerprint density at radius 3 is 1.14 bits per heavy atom. The summed E-state index contributed by atoms with van der Waals surface area (Å²) in [5.41, 5.74) is 5.11. The minimum atomic E-state index is -1.19. The van der Waals surface area contributed by atoms with E-state index in [0.717, 1.165) is 25.7 Å². The number of carboxylic acids is 2. The predicted octanol–water partition coefficient (Wildman–Crippen LogP) is 9.07. The number of hydrogen-bond donors (Lipinski definition) is 4. The molecule has 0 rings (SSSR count). The second-order valence-corrected chi connectivity index (χ2v) is 12.1. The third-order valence-electron chi connectivity index (χ3n) is 7.81. The van der Waals surface area contributed by atoms with E-state index >= 15 is 0 Å². The van der Waals surface area contributed by atoms with Crippen molar-refractivity contribution in [2.24, 2.45) is 5.73 Å². The molecular formula is C35H68N2O6. The van der Waals surface area contributed by atoms with E-state index in [-0.39, 0.29) is 24.7 Å². The van der Waals surface area contributed by atoms with Gasteiger partial charge in [-0.3, -0.25) is 14.4 Å². The average molecular weight is 613 g/mol. The molecule has 8 heteroatoms. The summed E-state index contributed by atoms with van der Waals surface area (Å²) in [6, 6.07) is -1.11. The number of primary amides is 1. The molecule has 0 bridgehead atoms. The van der Waals surface area contributed by atoms with Crippen LogP contribution in [0.4, 0.5) is 0 Å². The summed E-state index contributed by atoms with van der Waals surface area (Å²) in [6.07, 6.45) is 31.2. The molecule has 0 saturated heterocycles. The van der Waals surface area contributed by atoms with Crippen LogP contribution in [0.15, 0.2) is 0 Å². The molecule has 0 heterocycles. The normalized spacial score (nSPS) is 11.4. The lowest BCUT2D eigenvalue weighted by Crippen LogP contribution is -2.41. The van der Waals surface area contributed by atoms with E-state index in [9.17, 15) is 19.2 Å². The van der Waals surface area contributed by atoms with E-state index in [1.807, 2.05) is 0 Å². The molecule has 0 saturated carbocycles. The molecule has 0 aliphatic heterocycles. The van der Waals surface area contributed by atoms with Crippen LogP contribution in [-0.4, -0.2) is 40.0 Å². The molecule has 0 spiro atoms. The number of aliphatic carboxylic acids is 2. The summed E-state index contributed by atoms with van der Waals surface area (Å²) in [5.74, 6) is -2.72. The molecule has 0 aromatic heterocycles. The van der Waals surface area contributed by atoms with E-state index in [2.05, 4.69) is 19.2 Å². The van der Waals surface area contributed by atoms with Crippen LogP contribution in [-0.2, 0) is 19.2 Å². The quantitative estimate of drug-likeness (QED) is 0.0574. The topological polar surface area (TPSA) is 147 Å². The number of carbonyl (C=O) groups is 4. The van der Waals surface area contributed by atoms with Crippen LogP contribution in [0.1, 0.15) is 194 Å². The summed E-state index contributed by atoms with van der Waals surface area (Å²) >= 11 is 0. The number of amides is 2. The van der Waals surface area contributed by atoms with Crippen molar-refractivity contribution in [3.8, 4) is 0 Å². The molecule has 8 nitrogen and oxygen atoms in total. The second kappa shape index (κ2) is 34.4. The Hall–Kier alpha value is -2.12. The first-order valence-electron chi connectivity index (χ1n) is 17.8. The van der Waals surface area contributed by atoms with E-state index in [0.29, 0.717) is 12.8 Å². The van der Waals surface area contributed by atoms with Gasteiger partial charge in [0.15, 0.2) is 0 Å². The fourth-order valence-electron chi connectivity index (χ4n) is 5.06. The van der Waals surface area contributed by atoms with Gasteiger partial charge in [0, 0.05) is 19.3 Å². The lowest BCUT2D eigenvalue weighted by atomic mass is 10.0. The Morgan fingerprint density at radius 1 is 0.512 bits per heavy atom. The SMILES string of the molecule is CCCCCCCCCCCC(=O)N[C@@H](CCC(=O)O)C(=O)O.CCCCCCCCCCCCCCCCCC(N)=O. The molecule has 2 amide bonds. The molecule has 0 aromatic carbocycles. The highest BCUT2D eigenvalue weighted by Crippen LogP contribution is 2.14. The minimum absolute atomic E-state index is 0.0891. The van der Waals surface area contributed by atoms with Crippen LogP contribution in [0.3, 0.4) is 0 Å². The van der Waals surface area contributed by atoms with Gasteiger partial charge in [-0.15, -0.1) is 0 Å². The van der Waals surface area contributed by atoms with Crippen LogP contribution in [0.2, 0.25) is 0 Å². The maximum atomic E-state index is 11.7. The molecule has 0 unspecified atom stereocenters. The summed E-state index contributed by atoms with van der Waals surface area (Å²) in [7, 11) is 0. The number of carboxylic acid groups (broad SMARTS) is 2. The zero-order valence-electron chi connectivity index (χ0n) is 28.0. The maximum absolute atomic E-state index is 11.7. The standard InChI is InChI=1S/C18H37NO.C17H31NO5/c1-2-3-4-5-6-7-8-9-10-11-12-13-14-15-16-17-18(19)20;1-2-3-4-5-6-7-8-9-10-11-15(19)18-14(17(22)23)12-13-16(20)21/h2-17H2,1H3,(H2,19,20);14H,2-13H2,1H3,(H,18,19)(H,20,21)(H,22,23)/t;14-/m.0/s1. The van der Waals surface area contributed by atoms with Crippen molar-refractivity contribution in [2.75, 3.05) is 0 Å². The first kappa shape index (κ1) is 43.0. The smallest absolute Gasteiger partial charge is 0.326 e. The van der Waals surface area contributed by atoms with E-state index < -0.39 is 18.0 Å². The Bertz CT molecular complexity index is 671. The third-order valence-corrected chi connectivity index (χ3v) is 7.81. The van der Waals surface area contributed by atoms with Crippen LogP contribution in [0.25, 0.3) is 0 Å². The van der Waals surface area contributed by atoms with Gasteiger partial charge in [0.1, 0.15) is 6.04 Å². The van der Waals surface area contributed by atoms with E-state index in [1.54, 1.807) is 0 Å². The number of nitrogens with two attached hydrogens (primary N) is 1. The summed E-state index contributed by atoms with van der Waals surface area (Å²) in [4.78, 5) is 43.7. The zero-order chi connectivity index (χ0) is 32.4. The number of rotatable bonds is 31. The van der Waals surface area contributed by atoms with Crippen molar-refractivity contribution < 1.29 is 29.4 Å². The van der Waals surface area contributed by atoms with Gasteiger partial charge >= 0.3 is 11.9 Å². The molecule has 254 valence electrons. The molecular weight excluding hydrogens is 544 g/mol. The largest absolute Gasteiger partial charge is 0.481 e. The molecule has 0 aliphatic carbocycles. The number of carbonyl (C=O) groups excluding carboxylic acids is 2. The fourth-order valence-corrected chi connectivity index (χ4v) is 5.06. The van der Waals surface area contributed by atoms with Crippen LogP contribution < -0.4 is 11.1 Å². The molecule has 1 atom stereocenters. The lowest BCUT2D eigenvalue weighted by Gasteiger charge is -2.13. The van der Waals surface area contributed by atoms with Crippen molar-refractivity contribution >= 4 is 23.8 Å². The van der Waals surface area contributed by atoms with Gasteiger partial charge in [-0.05, 0) is 19.3 Å². The predicted molar refractivity (Wildman–Crippen MR) is 177 cm³/mol. The lowest BCUT2D eigenvalue weighted by molar-refractivity contribution is -0.143. The average Bonchev–Trinajstić information content (AvgIpc) is 2.96. The zero-order valence-corrected chi connectivity index (χ0v) is 28.0. The van der Waals surface area contributed by atoms with Gasteiger partial charge in [0.25, 0.3) is 0 Å². The van der Waals surface area contributed by atoms with Gasteiger partial charge in [-0.1, -0.05) is 155 Å². The molecule has 0 aliphatic rings. The van der Waals surface area contributed by atoms with Crippen molar-refractivity contribution in [3.05, 3.63) is 0 Å². The maximum Gasteiger partial charge on any atom is 0.326 e. The fraction of sp³-hybridized carbons (Fsp3) is 0.886.